The number of nitrogens with one attached hydrogen (secondary N) is 1. The molecule has 0 unspecified atom stereocenters. The van der Waals surface area contributed by atoms with Gasteiger partial charge in [0.2, 0.25) is 0 Å². The molecule has 1 amide bonds. The van der Waals surface area contributed by atoms with Crippen LogP contribution in [0, 0.1) is 11.6 Å². The number of carbonyl (C=O) groups excluding carboxylic acids is 1. The smallest absolute Gasteiger partial charge is 0.335 e. The van der Waals surface area contributed by atoms with Gasteiger partial charge in [-0.15, -0.1) is 0 Å². The number of fused-ring (bicyclic) bond motifs is 2. The molecule has 0 aliphatic carbocycles. The number of hydrogen-bond donors (Lipinski definition) is 2. The summed E-state index contributed by atoms with van der Waals surface area (Å²) in [5, 5.41) is 15.2. The average Bonchev–Trinajstić information content (AvgIpc) is 3.43. The van der Waals surface area contributed by atoms with Crippen molar-refractivity contribution in [3.05, 3.63) is 143 Å². The molecule has 0 spiro atoms. The summed E-state index contributed by atoms with van der Waals surface area (Å²) in [5.41, 5.74) is 3.81. The summed E-state index contributed by atoms with van der Waals surface area (Å²) in [6.45, 7) is 3.88. The summed E-state index contributed by atoms with van der Waals surface area (Å²) in [7, 11) is 0. The maximum Gasteiger partial charge on any atom is 0.335 e. The minimum Gasteiger partial charge on any atom is -0.478 e. The fourth-order valence-electron chi connectivity index (χ4n) is 5.59. The van der Waals surface area contributed by atoms with E-state index in [-0.39, 0.29) is 17.5 Å². The maximum atomic E-state index is 14.2. The minimum absolute atomic E-state index is 0.132. The zero-order chi connectivity index (χ0) is 30.2. The van der Waals surface area contributed by atoms with Gasteiger partial charge in [-0.2, -0.15) is 0 Å². The molecular weight excluding hydrogens is 546 g/mol. The van der Waals surface area contributed by atoms with Crippen LogP contribution in [-0.4, -0.2) is 21.6 Å². The van der Waals surface area contributed by atoms with Gasteiger partial charge in [0.05, 0.1) is 28.7 Å². The predicted molar refractivity (Wildman–Crippen MR) is 164 cm³/mol. The van der Waals surface area contributed by atoms with E-state index in [4.69, 9.17) is 0 Å². The number of amides is 1. The quantitative estimate of drug-likeness (QED) is 0.201. The van der Waals surface area contributed by atoms with E-state index in [2.05, 4.69) is 42.6 Å². The lowest BCUT2D eigenvalue weighted by Crippen LogP contribution is -2.27. The lowest BCUT2D eigenvalue weighted by Gasteiger charge is -2.20. The van der Waals surface area contributed by atoms with Gasteiger partial charge in [0.15, 0.2) is 0 Å². The summed E-state index contributed by atoms with van der Waals surface area (Å²) < 4.78 is 30.4. The second kappa shape index (κ2) is 11.2. The normalized spacial score (nSPS) is 12.7. The Morgan fingerprint density at radius 1 is 0.721 bits per heavy atom. The Morgan fingerprint density at radius 2 is 1.37 bits per heavy atom. The summed E-state index contributed by atoms with van der Waals surface area (Å²) >= 11 is 0. The summed E-state index contributed by atoms with van der Waals surface area (Å²) in [6.07, 6.45) is 1.92. The first-order valence-corrected chi connectivity index (χ1v) is 13.9. The molecule has 2 N–H and O–H groups in total. The molecule has 5 aromatic carbocycles. The van der Waals surface area contributed by atoms with Crippen molar-refractivity contribution >= 4 is 33.6 Å². The molecular formula is C36H28F2N2O3. The first kappa shape index (κ1) is 27.8. The topological polar surface area (TPSA) is 71.3 Å². The predicted octanol–water partition coefficient (Wildman–Crippen LogP) is 8.54. The van der Waals surface area contributed by atoms with Crippen LogP contribution in [0.5, 0.6) is 0 Å². The molecule has 0 aliphatic heterocycles. The molecule has 1 heterocycles. The van der Waals surface area contributed by atoms with Crippen molar-refractivity contribution in [2.75, 3.05) is 0 Å². The van der Waals surface area contributed by atoms with Crippen LogP contribution in [0.15, 0.2) is 109 Å². The number of hydrogen-bond acceptors (Lipinski definition) is 2. The third-order valence-electron chi connectivity index (χ3n) is 7.93. The minimum atomic E-state index is -1.03. The Labute approximate surface area is 247 Å². The van der Waals surface area contributed by atoms with Gasteiger partial charge in [0.25, 0.3) is 5.91 Å². The van der Waals surface area contributed by atoms with Crippen molar-refractivity contribution in [2.45, 2.75) is 25.9 Å². The van der Waals surface area contributed by atoms with Crippen LogP contribution in [0.25, 0.3) is 32.8 Å². The van der Waals surface area contributed by atoms with E-state index in [1.807, 2.05) is 42.0 Å². The number of carboxylic acid groups (broad SMARTS) is 1. The molecule has 7 heteroatoms. The molecule has 6 aromatic rings. The molecule has 214 valence electrons. The van der Waals surface area contributed by atoms with E-state index in [0.29, 0.717) is 22.2 Å². The largest absolute Gasteiger partial charge is 0.478 e. The Kier molecular flexibility index (Phi) is 7.24. The zero-order valence-electron chi connectivity index (χ0n) is 23.5. The lowest BCUT2D eigenvalue weighted by molar-refractivity contribution is 0.0696. The van der Waals surface area contributed by atoms with Crippen LogP contribution in [0.4, 0.5) is 8.78 Å². The van der Waals surface area contributed by atoms with Gasteiger partial charge in [-0.25, -0.2) is 13.6 Å². The molecule has 0 saturated carbocycles. The zero-order valence-corrected chi connectivity index (χ0v) is 23.5. The second-order valence-electron chi connectivity index (χ2n) is 10.7. The highest BCUT2D eigenvalue weighted by molar-refractivity contribution is 6.08. The van der Waals surface area contributed by atoms with Crippen LogP contribution in [-0.2, 0) is 0 Å². The number of benzene rings is 5. The standard InChI is InChI=1S/C36H28F2N2O3/c1-21(23-7-10-25(11-8-23)36(42)43)39-35(41)33-19-29(30-17-31(37)20-32(38)18-30)16-28-13-14-40(34(28)33)22(2)26-12-9-24-5-3-4-6-27(24)15-26/h3-22H,1-2H3,(H,39,41)(H,42,43)/t21-,22-/m0/s1. The van der Waals surface area contributed by atoms with E-state index in [1.54, 1.807) is 18.2 Å². The highest BCUT2D eigenvalue weighted by Gasteiger charge is 2.21. The fourth-order valence-corrected chi connectivity index (χ4v) is 5.59. The van der Waals surface area contributed by atoms with Gasteiger partial charge in [-0.1, -0.05) is 48.5 Å². The van der Waals surface area contributed by atoms with Crippen LogP contribution >= 0.6 is 0 Å². The van der Waals surface area contributed by atoms with Crippen molar-refractivity contribution in [3.8, 4) is 11.1 Å². The summed E-state index contributed by atoms with van der Waals surface area (Å²) in [5.74, 6) is -2.81. The van der Waals surface area contributed by atoms with Crippen molar-refractivity contribution in [3.63, 3.8) is 0 Å². The number of aromatic nitrogens is 1. The van der Waals surface area contributed by atoms with Crippen molar-refractivity contribution in [2.24, 2.45) is 0 Å². The lowest BCUT2D eigenvalue weighted by atomic mass is 9.98. The molecule has 6 rings (SSSR count). The van der Waals surface area contributed by atoms with Crippen LogP contribution < -0.4 is 5.32 Å². The van der Waals surface area contributed by atoms with E-state index in [0.717, 1.165) is 33.4 Å². The Bertz CT molecular complexity index is 1990. The first-order valence-electron chi connectivity index (χ1n) is 13.9. The maximum absolute atomic E-state index is 14.2. The number of aromatic carboxylic acids is 1. The van der Waals surface area contributed by atoms with Crippen molar-refractivity contribution < 1.29 is 23.5 Å². The summed E-state index contributed by atoms with van der Waals surface area (Å²) in [6, 6.07) is 28.9. The first-order chi connectivity index (χ1) is 20.7. The molecule has 0 saturated heterocycles. The molecule has 0 bridgehead atoms. The van der Waals surface area contributed by atoms with Crippen LogP contribution in [0.2, 0.25) is 0 Å². The summed E-state index contributed by atoms with van der Waals surface area (Å²) in [4.78, 5) is 25.2. The van der Waals surface area contributed by atoms with E-state index in [9.17, 15) is 23.5 Å². The van der Waals surface area contributed by atoms with E-state index in [1.165, 1.54) is 24.3 Å². The third-order valence-corrected chi connectivity index (χ3v) is 7.93. The number of rotatable bonds is 7. The van der Waals surface area contributed by atoms with Crippen molar-refractivity contribution in [1.82, 2.24) is 9.88 Å². The average molecular weight is 575 g/mol. The highest BCUT2D eigenvalue weighted by Crippen LogP contribution is 2.34. The molecule has 2 atom stereocenters. The molecule has 0 fully saturated rings. The van der Waals surface area contributed by atoms with Gasteiger partial charge < -0.3 is 15.0 Å². The number of halogens is 2. The Hall–Kier alpha value is -5.30. The van der Waals surface area contributed by atoms with Crippen LogP contribution in [0.3, 0.4) is 0 Å². The monoisotopic (exact) mass is 574 g/mol. The second-order valence-corrected chi connectivity index (χ2v) is 10.7. The number of nitrogens with zero attached hydrogens (tertiary/aromatic N) is 1. The van der Waals surface area contributed by atoms with E-state index < -0.39 is 23.6 Å². The van der Waals surface area contributed by atoms with E-state index >= 15 is 0 Å². The van der Waals surface area contributed by atoms with Gasteiger partial charge in [0.1, 0.15) is 11.6 Å². The SMILES string of the molecule is C[C@H](NC(=O)c1cc(-c2cc(F)cc(F)c2)cc2ccn([C@@H](C)c3ccc4ccccc4c3)c12)c1ccc(C(=O)O)cc1. The molecule has 0 aliphatic rings. The van der Waals surface area contributed by atoms with Gasteiger partial charge >= 0.3 is 5.97 Å². The third kappa shape index (κ3) is 5.49. The fraction of sp³-hybridized carbons (Fsp3) is 0.111. The Balaban J connectivity index is 1.44. The molecule has 43 heavy (non-hydrogen) atoms. The molecule has 1 aromatic heterocycles. The Morgan fingerprint density at radius 3 is 2.07 bits per heavy atom. The highest BCUT2D eigenvalue weighted by atomic mass is 19.1. The van der Waals surface area contributed by atoms with Gasteiger partial charge in [0, 0.05) is 17.6 Å². The number of carbonyl (C=O) groups is 2. The van der Waals surface area contributed by atoms with Crippen molar-refractivity contribution in [1.29, 1.82) is 0 Å². The molecule has 0 radical (unpaired) electrons. The van der Waals surface area contributed by atoms with Gasteiger partial charge in [-0.3, -0.25) is 4.79 Å². The van der Waals surface area contributed by atoms with Crippen LogP contribution in [0.1, 0.15) is 57.8 Å². The molecule has 5 nitrogen and oxygen atoms in total. The number of carboxylic acids is 1. The van der Waals surface area contributed by atoms with Gasteiger partial charge in [-0.05, 0) is 95.4 Å².